The highest BCUT2D eigenvalue weighted by molar-refractivity contribution is 5.20. The molecule has 20 heavy (non-hydrogen) atoms. The molecule has 1 heterocycles. The molecule has 0 bridgehead atoms. The van der Waals surface area contributed by atoms with Crippen molar-refractivity contribution < 1.29 is 0 Å². The Morgan fingerprint density at radius 1 is 1.15 bits per heavy atom. The molecule has 108 valence electrons. The predicted molar refractivity (Wildman–Crippen MR) is 83.7 cm³/mol. The molecule has 1 N–H and O–H groups in total. The minimum atomic E-state index is 0.439. The first-order valence-electron chi connectivity index (χ1n) is 7.41. The van der Waals surface area contributed by atoms with Crippen molar-refractivity contribution in [2.24, 2.45) is 5.92 Å². The van der Waals surface area contributed by atoms with Crippen molar-refractivity contribution in [1.82, 2.24) is 14.9 Å². The molecular formula is C17H25N3. The Morgan fingerprint density at radius 3 is 2.50 bits per heavy atom. The number of hydrogen-bond donors (Lipinski definition) is 1. The van der Waals surface area contributed by atoms with E-state index in [-0.39, 0.29) is 0 Å². The van der Waals surface area contributed by atoms with Gasteiger partial charge in [0.25, 0.3) is 0 Å². The van der Waals surface area contributed by atoms with E-state index >= 15 is 0 Å². The summed E-state index contributed by atoms with van der Waals surface area (Å²) >= 11 is 0. The standard InChI is InChI=1S/C17H25N3/c1-14(2)17(16-7-5-4-6-8-16)11-19-15(3)12-20-10-9-18-13-20/h4-10,13-15,17,19H,11-12H2,1-3H3. The van der Waals surface area contributed by atoms with Gasteiger partial charge < -0.3 is 9.88 Å². The molecule has 1 aromatic carbocycles. The molecule has 0 fully saturated rings. The van der Waals surface area contributed by atoms with Crippen LogP contribution in [0.2, 0.25) is 0 Å². The lowest BCUT2D eigenvalue weighted by Gasteiger charge is -2.24. The van der Waals surface area contributed by atoms with Gasteiger partial charge in [-0.05, 0) is 24.3 Å². The first-order valence-corrected chi connectivity index (χ1v) is 7.41. The van der Waals surface area contributed by atoms with Crippen molar-refractivity contribution in [3.8, 4) is 0 Å². The van der Waals surface area contributed by atoms with Crippen LogP contribution in [0.3, 0.4) is 0 Å². The second-order valence-corrected chi connectivity index (χ2v) is 5.83. The van der Waals surface area contributed by atoms with Gasteiger partial charge in [-0.15, -0.1) is 0 Å². The average Bonchev–Trinajstić information content (AvgIpc) is 2.92. The number of benzene rings is 1. The molecule has 0 aliphatic carbocycles. The van der Waals surface area contributed by atoms with Gasteiger partial charge >= 0.3 is 0 Å². The Balaban J connectivity index is 1.89. The summed E-state index contributed by atoms with van der Waals surface area (Å²) in [6.45, 7) is 8.78. The molecule has 1 aromatic heterocycles. The lowest BCUT2D eigenvalue weighted by Crippen LogP contribution is -2.34. The molecule has 0 amide bonds. The van der Waals surface area contributed by atoms with Crippen LogP contribution in [0.15, 0.2) is 49.1 Å². The number of nitrogens with one attached hydrogen (secondary N) is 1. The molecule has 2 atom stereocenters. The Hall–Kier alpha value is -1.61. The first-order chi connectivity index (χ1) is 9.66. The number of aromatic nitrogens is 2. The zero-order chi connectivity index (χ0) is 14.4. The van der Waals surface area contributed by atoms with E-state index in [1.165, 1.54) is 5.56 Å². The third-order valence-electron chi connectivity index (χ3n) is 3.76. The van der Waals surface area contributed by atoms with E-state index in [0.29, 0.717) is 17.9 Å². The Labute approximate surface area is 122 Å². The van der Waals surface area contributed by atoms with Crippen LogP contribution < -0.4 is 5.32 Å². The van der Waals surface area contributed by atoms with Crippen molar-refractivity contribution in [2.45, 2.75) is 39.3 Å². The molecule has 2 unspecified atom stereocenters. The van der Waals surface area contributed by atoms with Gasteiger partial charge in [0.15, 0.2) is 0 Å². The van der Waals surface area contributed by atoms with E-state index in [1.54, 1.807) is 0 Å². The quantitative estimate of drug-likeness (QED) is 0.837. The molecule has 0 aliphatic heterocycles. The van der Waals surface area contributed by atoms with Crippen molar-refractivity contribution >= 4 is 0 Å². The van der Waals surface area contributed by atoms with Crippen LogP contribution >= 0.6 is 0 Å². The van der Waals surface area contributed by atoms with Gasteiger partial charge in [-0.3, -0.25) is 0 Å². The molecule has 0 aliphatic rings. The Bertz CT molecular complexity index is 476. The van der Waals surface area contributed by atoms with Gasteiger partial charge in [-0.1, -0.05) is 44.2 Å². The maximum absolute atomic E-state index is 4.08. The summed E-state index contributed by atoms with van der Waals surface area (Å²) in [4.78, 5) is 4.08. The lowest BCUT2D eigenvalue weighted by atomic mass is 9.88. The van der Waals surface area contributed by atoms with Gasteiger partial charge in [-0.25, -0.2) is 4.98 Å². The van der Waals surface area contributed by atoms with Gasteiger partial charge in [0.1, 0.15) is 0 Å². The molecule has 0 saturated heterocycles. The van der Waals surface area contributed by atoms with Crippen LogP contribution in [0.4, 0.5) is 0 Å². The monoisotopic (exact) mass is 271 g/mol. The fourth-order valence-electron chi connectivity index (χ4n) is 2.54. The zero-order valence-electron chi connectivity index (χ0n) is 12.7. The van der Waals surface area contributed by atoms with E-state index in [0.717, 1.165) is 13.1 Å². The molecule has 3 nitrogen and oxygen atoms in total. The highest BCUT2D eigenvalue weighted by Gasteiger charge is 2.16. The molecular weight excluding hydrogens is 246 g/mol. The molecule has 2 rings (SSSR count). The Kier molecular flexibility index (Phi) is 5.36. The van der Waals surface area contributed by atoms with Gasteiger partial charge in [0.05, 0.1) is 6.33 Å². The third-order valence-corrected chi connectivity index (χ3v) is 3.76. The lowest BCUT2D eigenvalue weighted by molar-refractivity contribution is 0.408. The number of imidazole rings is 1. The zero-order valence-corrected chi connectivity index (χ0v) is 12.7. The normalized spacial score (nSPS) is 14.4. The smallest absolute Gasteiger partial charge is 0.0946 e. The summed E-state index contributed by atoms with van der Waals surface area (Å²) in [5, 5.41) is 3.65. The Morgan fingerprint density at radius 2 is 1.90 bits per heavy atom. The van der Waals surface area contributed by atoms with E-state index in [4.69, 9.17) is 0 Å². The number of rotatable bonds is 7. The average molecular weight is 271 g/mol. The van der Waals surface area contributed by atoms with Gasteiger partial charge in [0, 0.05) is 31.5 Å². The van der Waals surface area contributed by atoms with Crippen LogP contribution in [-0.4, -0.2) is 22.1 Å². The topological polar surface area (TPSA) is 29.9 Å². The summed E-state index contributed by atoms with van der Waals surface area (Å²) in [5.41, 5.74) is 1.42. The van der Waals surface area contributed by atoms with Crippen molar-refractivity contribution in [3.63, 3.8) is 0 Å². The summed E-state index contributed by atoms with van der Waals surface area (Å²) < 4.78 is 2.12. The van der Waals surface area contributed by atoms with Gasteiger partial charge in [0.2, 0.25) is 0 Å². The summed E-state index contributed by atoms with van der Waals surface area (Å²) in [7, 11) is 0. The highest BCUT2D eigenvalue weighted by Crippen LogP contribution is 2.23. The first kappa shape index (κ1) is 14.8. The van der Waals surface area contributed by atoms with E-state index in [1.807, 2.05) is 18.7 Å². The third kappa shape index (κ3) is 4.20. The summed E-state index contributed by atoms with van der Waals surface area (Å²) in [6, 6.07) is 11.2. The molecule has 3 heteroatoms. The van der Waals surface area contributed by atoms with Crippen molar-refractivity contribution in [1.29, 1.82) is 0 Å². The number of nitrogens with zero attached hydrogens (tertiary/aromatic N) is 2. The van der Waals surface area contributed by atoms with E-state index < -0.39 is 0 Å². The maximum Gasteiger partial charge on any atom is 0.0946 e. The summed E-state index contributed by atoms with van der Waals surface area (Å²) in [6.07, 6.45) is 5.71. The molecule has 0 radical (unpaired) electrons. The largest absolute Gasteiger partial charge is 0.336 e. The van der Waals surface area contributed by atoms with E-state index in [9.17, 15) is 0 Å². The SMILES string of the molecule is CC(Cn1ccnc1)NCC(c1ccccc1)C(C)C. The van der Waals surface area contributed by atoms with E-state index in [2.05, 4.69) is 66.0 Å². The predicted octanol–water partition coefficient (Wildman–Crippen LogP) is 3.30. The van der Waals surface area contributed by atoms with Crippen LogP contribution in [0.5, 0.6) is 0 Å². The summed E-state index contributed by atoms with van der Waals surface area (Å²) in [5.74, 6) is 1.19. The second-order valence-electron chi connectivity index (χ2n) is 5.83. The van der Waals surface area contributed by atoms with Crippen molar-refractivity contribution in [3.05, 3.63) is 54.6 Å². The fourth-order valence-corrected chi connectivity index (χ4v) is 2.54. The molecule has 0 saturated carbocycles. The van der Waals surface area contributed by atoms with Crippen LogP contribution in [0.25, 0.3) is 0 Å². The van der Waals surface area contributed by atoms with Gasteiger partial charge in [-0.2, -0.15) is 0 Å². The van der Waals surface area contributed by atoms with Crippen LogP contribution in [0, 0.1) is 5.92 Å². The number of hydrogen-bond acceptors (Lipinski definition) is 2. The fraction of sp³-hybridized carbons (Fsp3) is 0.471. The molecule has 2 aromatic rings. The second kappa shape index (κ2) is 7.25. The van der Waals surface area contributed by atoms with Crippen LogP contribution in [0.1, 0.15) is 32.3 Å². The highest BCUT2D eigenvalue weighted by atomic mass is 15.1. The molecule has 0 spiro atoms. The minimum Gasteiger partial charge on any atom is -0.336 e. The maximum atomic E-state index is 4.08. The van der Waals surface area contributed by atoms with Crippen LogP contribution in [-0.2, 0) is 6.54 Å². The van der Waals surface area contributed by atoms with Crippen molar-refractivity contribution in [2.75, 3.05) is 6.54 Å². The minimum absolute atomic E-state index is 0.439.